The van der Waals surface area contributed by atoms with Gasteiger partial charge in [-0.15, -0.1) is 11.8 Å². The maximum Gasteiger partial charge on any atom is 0.319 e. The number of carbonyl (C=O) groups excluding carboxylic acids is 1. The summed E-state index contributed by atoms with van der Waals surface area (Å²) in [5.74, 6) is -1.77. The Morgan fingerprint density at radius 2 is 2.05 bits per heavy atom. The number of hydrogen-bond acceptors (Lipinski definition) is 3. The first kappa shape index (κ1) is 15.5. The highest BCUT2D eigenvalue weighted by atomic mass is 32.2. The number of aliphatic carboxylic acids is 1. The highest BCUT2D eigenvalue weighted by Gasteiger charge is 2.28. The fourth-order valence-electron chi connectivity index (χ4n) is 1.22. The van der Waals surface area contributed by atoms with E-state index in [1.54, 1.807) is 13.0 Å². The van der Waals surface area contributed by atoms with Crippen LogP contribution in [0.25, 0.3) is 0 Å². The molecule has 0 saturated carbocycles. The highest BCUT2D eigenvalue weighted by molar-refractivity contribution is 8.02. The first-order valence-corrected chi connectivity index (χ1v) is 6.64. The molecule has 0 unspecified atom stereocenters. The van der Waals surface area contributed by atoms with Gasteiger partial charge >= 0.3 is 5.97 Å². The lowest BCUT2D eigenvalue weighted by Crippen LogP contribution is -2.29. The molecule has 4 nitrogen and oxygen atoms in total. The monoisotopic (exact) mass is 285 g/mol. The van der Waals surface area contributed by atoms with Gasteiger partial charge in [0.2, 0.25) is 5.91 Å². The van der Waals surface area contributed by atoms with Gasteiger partial charge in [-0.2, -0.15) is 0 Å². The third kappa shape index (κ3) is 4.55. The normalized spacial score (nSPS) is 11.2. The molecule has 1 aromatic rings. The molecular weight excluding hydrogens is 269 g/mol. The Hall–Kier alpha value is -1.56. The Labute approximate surface area is 115 Å². The number of thioether (sulfide) groups is 1. The average Bonchev–Trinajstić information content (AvgIpc) is 2.31. The van der Waals surface area contributed by atoms with Crippen LogP contribution >= 0.6 is 11.8 Å². The predicted molar refractivity (Wildman–Crippen MR) is 73.9 cm³/mol. The largest absolute Gasteiger partial charge is 0.480 e. The number of aryl methyl sites for hydroxylation is 1. The van der Waals surface area contributed by atoms with Gasteiger partial charge in [0, 0.05) is 5.69 Å². The van der Waals surface area contributed by atoms with Crippen molar-refractivity contribution in [1.29, 1.82) is 0 Å². The highest BCUT2D eigenvalue weighted by Crippen LogP contribution is 2.25. The molecule has 104 valence electrons. The van der Waals surface area contributed by atoms with Gasteiger partial charge < -0.3 is 10.4 Å². The van der Waals surface area contributed by atoms with E-state index in [0.29, 0.717) is 5.69 Å². The van der Waals surface area contributed by atoms with Crippen molar-refractivity contribution < 1.29 is 19.1 Å². The lowest BCUT2D eigenvalue weighted by molar-refractivity contribution is -0.138. The molecule has 2 N–H and O–H groups in total. The van der Waals surface area contributed by atoms with Gasteiger partial charge in [-0.1, -0.05) is 6.07 Å². The summed E-state index contributed by atoms with van der Waals surface area (Å²) in [4.78, 5) is 22.6. The number of halogens is 1. The Kier molecular flexibility index (Phi) is 4.94. The van der Waals surface area contributed by atoms with Gasteiger partial charge in [-0.25, -0.2) is 4.39 Å². The van der Waals surface area contributed by atoms with Crippen molar-refractivity contribution in [3.05, 3.63) is 29.6 Å². The van der Waals surface area contributed by atoms with Crippen molar-refractivity contribution in [3.8, 4) is 0 Å². The van der Waals surface area contributed by atoms with Crippen molar-refractivity contribution in [1.82, 2.24) is 0 Å². The number of rotatable bonds is 5. The second-order valence-electron chi connectivity index (χ2n) is 4.61. The van der Waals surface area contributed by atoms with Gasteiger partial charge in [-0.05, 0) is 38.5 Å². The summed E-state index contributed by atoms with van der Waals surface area (Å²) >= 11 is 1.02. The summed E-state index contributed by atoms with van der Waals surface area (Å²) in [7, 11) is 0. The molecule has 1 amide bonds. The third-order valence-corrected chi connectivity index (χ3v) is 3.86. The smallest absolute Gasteiger partial charge is 0.319 e. The molecule has 0 spiro atoms. The van der Waals surface area contributed by atoms with Crippen LogP contribution in [-0.2, 0) is 9.59 Å². The molecule has 0 radical (unpaired) electrons. The molecule has 0 bridgehead atoms. The van der Waals surface area contributed by atoms with Crippen LogP contribution in [0.1, 0.15) is 19.4 Å². The van der Waals surface area contributed by atoms with Crippen molar-refractivity contribution in [2.24, 2.45) is 0 Å². The molecule has 1 rings (SSSR count). The lowest BCUT2D eigenvalue weighted by Gasteiger charge is -2.18. The van der Waals surface area contributed by atoms with E-state index < -0.39 is 16.5 Å². The zero-order valence-corrected chi connectivity index (χ0v) is 11.8. The minimum atomic E-state index is -1.03. The van der Waals surface area contributed by atoms with E-state index in [4.69, 9.17) is 5.11 Å². The fourth-order valence-corrected chi connectivity index (χ4v) is 1.91. The van der Waals surface area contributed by atoms with Crippen molar-refractivity contribution >= 4 is 29.3 Å². The van der Waals surface area contributed by atoms with Gasteiger partial charge in [0.25, 0.3) is 0 Å². The van der Waals surface area contributed by atoms with Crippen LogP contribution in [0, 0.1) is 12.7 Å². The minimum absolute atomic E-state index is 0.00471. The summed E-state index contributed by atoms with van der Waals surface area (Å²) in [6.07, 6.45) is 0. The van der Waals surface area contributed by atoms with Crippen molar-refractivity contribution in [3.63, 3.8) is 0 Å². The Bertz CT molecular complexity index is 503. The van der Waals surface area contributed by atoms with E-state index in [1.807, 2.05) is 0 Å². The second kappa shape index (κ2) is 6.06. The van der Waals surface area contributed by atoms with Gasteiger partial charge in [0.05, 0.1) is 5.75 Å². The third-order valence-electron chi connectivity index (χ3n) is 2.55. The second-order valence-corrected chi connectivity index (χ2v) is 6.21. The molecule has 0 fully saturated rings. The standard InChI is InChI=1S/C13H16FNO3S/c1-8-4-5-9(14)6-10(8)15-11(16)7-19-13(2,3)12(17)18/h4-6H,7H2,1-3H3,(H,15,16)(H,17,18). The number of carboxylic acids is 1. The first-order valence-electron chi connectivity index (χ1n) is 5.66. The van der Waals surface area contributed by atoms with Gasteiger partial charge in [0.1, 0.15) is 10.6 Å². The Balaban J connectivity index is 2.61. The Morgan fingerprint density at radius 1 is 1.42 bits per heavy atom. The van der Waals surface area contributed by atoms with E-state index in [0.717, 1.165) is 17.3 Å². The predicted octanol–water partition coefficient (Wildman–Crippen LogP) is 2.67. The maximum atomic E-state index is 13.0. The maximum absolute atomic E-state index is 13.0. The zero-order chi connectivity index (χ0) is 14.6. The topological polar surface area (TPSA) is 66.4 Å². The molecule has 1 aromatic carbocycles. The molecule has 0 saturated heterocycles. The number of nitrogens with one attached hydrogen (secondary N) is 1. The first-order chi connectivity index (χ1) is 8.72. The van der Waals surface area contributed by atoms with E-state index in [2.05, 4.69) is 5.32 Å². The summed E-state index contributed by atoms with van der Waals surface area (Å²) in [5, 5.41) is 11.5. The van der Waals surface area contributed by atoms with Crippen LogP contribution < -0.4 is 5.32 Å². The van der Waals surface area contributed by atoms with E-state index in [-0.39, 0.29) is 11.7 Å². The molecule has 6 heteroatoms. The number of carbonyl (C=O) groups is 2. The number of carboxylic acid groups (broad SMARTS) is 1. The summed E-state index contributed by atoms with van der Waals surface area (Å²) < 4.78 is 12.0. The van der Waals surface area contributed by atoms with Crippen LogP contribution in [0.15, 0.2) is 18.2 Å². The minimum Gasteiger partial charge on any atom is -0.480 e. The summed E-state index contributed by atoms with van der Waals surface area (Å²) in [5.41, 5.74) is 1.15. The van der Waals surface area contributed by atoms with Crippen LogP contribution in [0.2, 0.25) is 0 Å². The number of benzene rings is 1. The molecule has 0 aromatic heterocycles. The van der Waals surface area contributed by atoms with E-state index in [1.165, 1.54) is 26.0 Å². The van der Waals surface area contributed by atoms with E-state index in [9.17, 15) is 14.0 Å². The summed E-state index contributed by atoms with van der Waals surface area (Å²) in [6, 6.07) is 4.12. The zero-order valence-electron chi connectivity index (χ0n) is 11.0. The number of hydrogen-bond donors (Lipinski definition) is 2. The van der Waals surface area contributed by atoms with Crippen molar-refractivity contribution in [2.75, 3.05) is 11.1 Å². The molecule has 19 heavy (non-hydrogen) atoms. The van der Waals surface area contributed by atoms with Gasteiger partial charge in [-0.3, -0.25) is 9.59 Å². The van der Waals surface area contributed by atoms with Gasteiger partial charge in [0.15, 0.2) is 0 Å². The average molecular weight is 285 g/mol. The number of amides is 1. The molecule has 0 aliphatic rings. The van der Waals surface area contributed by atoms with Crippen molar-refractivity contribution in [2.45, 2.75) is 25.5 Å². The summed E-state index contributed by atoms with van der Waals surface area (Å²) in [6.45, 7) is 4.81. The molecule has 0 atom stereocenters. The van der Waals surface area contributed by atoms with Crippen LogP contribution in [-0.4, -0.2) is 27.5 Å². The quantitative estimate of drug-likeness (QED) is 0.873. The fraction of sp³-hybridized carbons (Fsp3) is 0.385. The SMILES string of the molecule is Cc1ccc(F)cc1NC(=O)CSC(C)(C)C(=O)O. The van der Waals surface area contributed by atoms with E-state index >= 15 is 0 Å². The molecular formula is C13H16FNO3S. The molecule has 0 heterocycles. The molecule has 0 aliphatic carbocycles. The van der Waals surface area contributed by atoms with Crippen LogP contribution in [0.4, 0.5) is 10.1 Å². The molecule has 0 aliphatic heterocycles. The lowest BCUT2D eigenvalue weighted by atomic mass is 10.2. The Morgan fingerprint density at radius 3 is 2.63 bits per heavy atom. The number of anilines is 1. The van der Waals surface area contributed by atoms with Crippen LogP contribution in [0.3, 0.4) is 0 Å². The van der Waals surface area contributed by atoms with Crippen LogP contribution in [0.5, 0.6) is 0 Å².